The molecule has 6 nitrogen and oxygen atoms in total. The number of phenols is 1. The average Bonchev–Trinajstić information content (AvgIpc) is 2.70. The SMILES string of the molecule is CN(CC#Cc1ccccc1)C(=O)/C(C#N)=C(\O)c1cc(F)c(O)c(C#N)c1. The highest BCUT2D eigenvalue weighted by atomic mass is 19.1. The molecule has 0 aromatic heterocycles. The lowest BCUT2D eigenvalue weighted by Gasteiger charge is -2.14. The zero-order valence-corrected chi connectivity index (χ0v) is 14.8. The fourth-order valence-corrected chi connectivity index (χ4v) is 2.21. The van der Waals surface area contributed by atoms with E-state index in [1.807, 2.05) is 18.2 Å². The van der Waals surface area contributed by atoms with E-state index < -0.39 is 34.4 Å². The molecule has 0 aliphatic carbocycles. The van der Waals surface area contributed by atoms with Crippen molar-refractivity contribution < 1.29 is 19.4 Å². The van der Waals surface area contributed by atoms with E-state index in [9.17, 15) is 24.7 Å². The fraction of sp³-hybridized carbons (Fsp3) is 0.0952. The lowest BCUT2D eigenvalue weighted by molar-refractivity contribution is -0.124. The second-order valence-corrected chi connectivity index (χ2v) is 5.63. The number of aliphatic hydroxyl groups is 1. The zero-order valence-electron chi connectivity index (χ0n) is 14.8. The first-order valence-corrected chi connectivity index (χ1v) is 7.94. The summed E-state index contributed by atoms with van der Waals surface area (Å²) in [7, 11) is 1.39. The van der Waals surface area contributed by atoms with Crippen molar-refractivity contribution in [3.63, 3.8) is 0 Å². The van der Waals surface area contributed by atoms with Gasteiger partial charge in [-0.3, -0.25) is 4.79 Å². The van der Waals surface area contributed by atoms with E-state index >= 15 is 0 Å². The highest BCUT2D eigenvalue weighted by molar-refractivity contribution is 6.03. The van der Waals surface area contributed by atoms with E-state index in [2.05, 4.69) is 11.8 Å². The third-order valence-electron chi connectivity index (χ3n) is 3.69. The minimum absolute atomic E-state index is 0.0143. The topological polar surface area (TPSA) is 108 Å². The Morgan fingerprint density at radius 2 is 1.89 bits per heavy atom. The maximum atomic E-state index is 13.7. The van der Waals surface area contributed by atoms with Gasteiger partial charge in [0, 0.05) is 18.2 Å². The van der Waals surface area contributed by atoms with Crippen LogP contribution in [0.3, 0.4) is 0 Å². The van der Waals surface area contributed by atoms with Crippen LogP contribution in [0.4, 0.5) is 4.39 Å². The number of aromatic hydroxyl groups is 1. The lowest BCUT2D eigenvalue weighted by atomic mass is 10.0. The first-order chi connectivity index (χ1) is 13.4. The molecular weight excluding hydrogens is 361 g/mol. The largest absolute Gasteiger partial charge is 0.506 e. The summed E-state index contributed by atoms with van der Waals surface area (Å²) < 4.78 is 13.7. The summed E-state index contributed by atoms with van der Waals surface area (Å²) in [5.74, 6) is 1.98. The van der Waals surface area contributed by atoms with Gasteiger partial charge in [-0.15, -0.1) is 0 Å². The van der Waals surface area contributed by atoms with E-state index in [-0.39, 0.29) is 12.1 Å². The molecule has 0 saturated carbocycles. The van der Waals surface area contributed by atoms with Gasteiger partial charge in [-0.25, -0.2) is 4.39 Å². The molecule has 0 heterocycles. The molecule has 0 bridgehead atoms. The molecule has 138 valence electrons. The highest BCUT2D eigenvalue weighted by Gasteiger charge is 2.21. The van der Waals surface area contributed by atoms with E-state index in [1.54, 1.807) is 24.3 Å². The number of halogens is 1. The molecule has 2 N–H and O–H groups in total. The molecule has 1 amide bonds. The molecule has 0 unspecified atom stereocenters. The van der Waals surface area contributed by atoms with Crippen molar-refractivity contribution in [1.82, 2.24) is 4.90 Å². The highest BCUT2D eigenvalue weighted by Crippen LogP contribution is 2.27. The maximum Gasteiger partial charge on any atom is 0.268 e. The van der Waals surface area contributed by atoms with E-state index in [4.69, 9.17) is 5.26 Å². The smallest absolute Gasteiger partial charge is 0.268 e. The van der Waals surface area contributed by atoms with Crippen molar-refractivity contribution in [3.05, 3.63) is 70.5 Å². The van der Waals surface area contributed by atoms with Gasteiger partial charge in [0.25, 0.3) is 5.91 Å². The van der Waals surface area contributed by atoms with Crippen LogP contribution in [0.1, 0.15) is 16.7 Å². The Labute approximate surface area is 161 Å². The molecule has 0 spiro atoms. The fourth-order valence-electron chi connectivity index (χ4n) is 2.21. The number of benzene rings is 2. The van der Waals surface area contributed by atoms with E-state index in [0.29, 0.717) is 0 Å². The van der Waals surface area contributed by atoms with Crippen molar-refractivity contribution >= 4 is 11.7 Å². The molecule has 0 aliphatic heterocycles. The monoisotopic (exact) mass is 375 g/mol. The van der Waals surface area contributed by atoms with Gasteiger partial charge >= 0.3 is 0 Å². The van der Waals surface area contributed by atoms with Gasteiger partial charge in [0.1, 0.15) is 17.9 Å². The van der Waals surface area contributed by atoms with Crippen molar-refractivity contribution in [1.29, 1.82) is 10.5 Å². The quantitative estimate of drug-likeness (QED) is 0.371. The van der Waals surface area contributed by atoms with Gasteiger partial charge in [0.15, 0.2) is 17.1 Å². The number of likely N-dealkylation sites (N-methyl/N-ethyl adjacent to an activating group) is 1. The first kappa shape index (κ1) is 20.0. The van der Waals surface area contributed by atoms with Gasteiger partial charge in [0.05, 0.1) is 12.1 Å². The Morgan fingerprint density at radius 1 is 1.21 bits per heavy atom. The van der Waals surface area contributed by atoms with Crippen molar-refractivity contribution in [3.8, 4) is 29.7 Å². The molecule has 7 heteroatoms. The van der Waals surface area contributed by atoms with Gasteiger partial charge in [-0.05, 0) is 24.3 Å². The maximum absolute atomic E-state index is 13.7. The van der Waals surface area contributed by atoms with Crippen LogP contribution in [-0.4, -0.2) is 34.6 Å². The van der Waals surface area contributed by atoms with E-state index in [1.165, 1.54) is 7.05 Å². The number of aliphatic hydroxyl groups excluding tert-OH is 1. The van der Waals surface area contributed by atoms with E-state index in [0.717, 1.165) is 22.6 Å². The minimum atomic E-state index is -1.16. The minimum Gasteiger partial charge on any atom is -0.506 e. The summed E-state index contributed by atoms with van der Waals surface area (Å²) in [5, 5.41) is 37.9. The number of rotatable bonds is 3. The summed E-state index contributed by atoms with van der Waals surface area (Å²) in [6.07, 6.45) is 0. The summed E-state index contributed by atoms with van der Waals surface area (Å²) in [6, 6.07) is 13.9. The molecule has 0 saturated heterocycles. The number of carbonyl (C=O) groups excluding carboxylic acids is 1. The Morgan fingerprint density at radius 3 is 2.50 bits per heavy atom. The Balaban J connectivity index is 2.29. The summed E-state index contributed by atoms with van der Waals surface area (Å²) in [4.78, 5) is 13.6. The number of nitrogens with zero attached hydrogens (tertiary/aromatic N) is 3. The second kappa shape index (κ2) is 8.89. The molecule has 0 radical (unpaired) electrons. The Hall–Kier alpha value is -4.28. The predicted molar refractivity (Wildman–Crippen MR) is 98.9 cm³/mol. The van der Waals surface area contributed by atoms with Crippen LogP contribution in [0.5, 0.6) is 5.75 Å². The molecule has 2 aromatic carbocycles. The molecule has 0 atom stereocenters. The lowest BCUT2D eigenvalue weighted by Crippen LogP contribution is -2.28. The average molecular weight is 375 g/mol. The van der Waals surface area contributed by atoms with Crippen LogP contribution in [0.25, 0.3) is 5.76 Å². The Kier molecular flexibility index (Phi) is 6.36. The van der Waals surface area contributed by atoms with Gasteiger partial charge < -0.3 is 15.1 Å². The molecule has 2 aromatic rings. The first-order valence-electron chi connectivity index (χ1n) is 7.94. The van der Waals surface area contributed by atoms with Crippen LogP contribution in [0.2, 0.25) is 0 Å². The van der Waals surface area contributed by atoms with Crippen molar-refractivity contribution in [2.24, 2.45) is 0 Å². The third-order valence-corrected chi connectivity index (χ3v) is 3.69. The van der Waals surface area contributed by atoms with Crippen molar-refractivity contribution in [2.75, 3.05) is 13.6 Å². The molecule has 28 heavy (non-hydrogen) atoms. The van der Waals surface area contributed by atoms with Gasteiger partial charge in [-0.2, -0.15) is 10.5 Å². The molecular formula is C21H14FN3O3. The number of phenolic OH excluding ortho intramolecular Hbond substituents is 1. The molecule has 0 aliphatic rings. The van der Waals surface area contributed by atoms with Crippen LogP contribution >= 0.6 is 0 Å². The van der Waals surface area contributed by atoms with Crippen LogP contribution in [-0.2, 0) is 4.79 Å². The van der Waals surface area contributed by atoms with Crippen LogP contribution < -0.4 is 0 Å². The number of nitriles is 2. The summed E-state index contributed by atoms with van der Waals surface area (Å²) in [6.45, 7) is -0.0143. The molecule has 2 rings (SSSR count). The number of hydrogen-bond donors (Lipinski definition) is 2. The zero-order chi connectivity index (χ0) is 20.7. The Bertz CT molecular complexity index is 1080. The summed E-state index contributed by atoms with van der Waals surface area (Å²) >= 11 is 0. The number of hydrogen-bond acceptors (Lipinski definition) is 5. The second-order valence-electron chi connectivity index (χ2n) is 5.63. The van der Waals surface area contributed by atoms with Crippen LogP contribution in [0.15, 0.2) is 48.0 Å². The summed E-state index contributed by atoms with van der Waals surface area (Å²) in [5.41, 5.74) is -0.599. The van der Waals surface area contributed by atoms with Crippen LogP contribution in [0, 0.1) is 40.3 Å². The van der Waals surface area contributed by atoms with Gasteiger partial charge in [-0.1, -0.05) is 30.0 Å². The number of carbonyl (C=O) groups is 1. The normalized spacial score (nSPS) is 10.6. The number of amides is 1. The predicted octanol–water partition coefficient (Wildman–Crippen LogP) is 2.71. The third kappa shape index (κ3) is 4.46. The van der Waals surface area contributed by atoms with Crippen molar-refractivity contribution in [2.45, 2.75) is 0 Å². The van der Waals surface area contributed by atoms with Gasteiger partial charge in [0.2, 0.25) is 0 Å². The molecule has 0 fully saturated rings. The standard InChI is InChI=1S/C21H14FN3O3/c1-25(9-5-8-14-6-3-2-4-7-14)21(28)17(13-24)19(26)15-10-16(12-23)20(27)18(22)11-15/h2-4,6-7,10-11,26-27H,9H2,1H3/b19-17-.